The number of likely N-dealkylation sites (N-methyl/N-ethyl adjacent to an activating group) is 1. The molecule has 2 heterocycles. The molecule has 0 bridgehead atoms. The summed E-state index contributed by atoms with van der Waals surface area (Å²) < 4.78 is 1.98. The lowest BCUT2D eigenvalue weighted by Gasteiger charge is -2.31. The van der Waals surface area contributed by atoms with Gasteiger partial charge in [-0.15, -0.1) is 0 Å². The molecule has 1 saturated carbocycles. The summed E-state index contributed by atoms with van der Waals surface area (Å²) in [5, 5.41) is 7.03. The second-order valence-corrected chi connectivity index (χ2v) is 6.15. The Kier molecular flexibility index (Phi) is 3.73. The minimum atomic E-state index is -0.00451. The van der Waals surface area contributed by atoms with Crippen molar-refractivity contribution in [1.82, 2.24) is 19.7 Å². The predicted octanol–water partition coefficient (Wildman–Crippen LogP) is 1.89. The van der Waals surface area contributed by atoms with E-state index in [0.29, 0.717) is 12.0 Å². The third-order valence-corrected chi connectivity index (χ3v) is 4.66. The maximum atomic E-state index is 12.1. The first-order valence-electron chi connectivity index (χ1n) is 7.61. The van der Waals surface area contributed by atoms with Crippen LogP contribution in [0.25, 0.3) is 0 Å². The van der Waals surface area contributed by atoms with Gasteiger partial charge in [-0.3, -0.25) is 4.57 Å². The van der Waals surface area contributed by atoms with Crippen LogP contribution in [0.1, 0.15) is 62.7 Å². The third kappa shape index (κ3) is 2.61. The van der Waals surface area contributed by atoms with Crippen molar-refractivity contribution in [2.45, 2.75) is 56.9 Å². The molecule has 106 valence electrons. The van der Waals surface area contributed by atoms with Gasteiger partial charge in [0, 0.05) is 18.5 Å². The van der Waals surface area contributed by atoms with Gasteiger partial charge in [-0.1, -0.05) is 19.3 Å². The number of piperidine rings is 1. The highest BCUT2D eigenvalue weighted by Gasteiger charge is 2.28. The molecule has 2 fully saturated rings. The number of H-pyrrole nitrogens is 1. The Balaban J connectivity index is 1.87. The third-order valence-electron chi connectivity index (χ3n) is 4.66. The van der Waals surface area contributed by atoms with Crippen LogP contribution in [0, 0.1) is 0 Å². The van der Waals surface area contributed by atoms with Crippen LogP contribution in [0.4, 0.5) is 0 Å². The van der Waals surface area contributed by atoms with E-state index in [2.05, 4.69) is 22.1 Å². The van der Waals surface area contributed by atoms with E-state index in [0.717, 1.165) is 38.2 Å². The lowest BCUT2D eigenvalue weighted by atomic mass is 9.93. The lowest BCUT2D eigenvalue weighted by molar-refractivity contribution is 0.236. The molecule has 19 heavy (non-hydrogen) atoms. The minimum Gasteiger partial charge on any atom is -0.306 e. The smallest absolute Gasteiger partial charge is 0.306 e. The zero-order chi connectivity index (χ0) is 13.2. The van der Waals surface area contributed by atoms with Crippen molar-refractivity contribution in [2.24, 2.45) is 0 Å². The van der Waals surface area contributed by atoms with Gasteiger partial charge in [-0.05, 0) is 39.3 Å². The number of rotatable bonds is 2. The van der Waals surface area contributed by atoms with Crippen LogP contribution >= 0.6 is 0 Å². The van der Waals surface area contributed by atoms with Crippen molar-refractivity contribution < 1.29 is 0 Å². The fourth-order valence-electron chi connectivity index (χ4n) is 3.67. The average molecular weight is 264 g/mol. The molecule has 5 nitrogen and oxygen atoms in total. The fraction of sp³-hybridized carbons (Fsp3) is 0.857. The van der Waals surface area contributed by atoms with Crippen molar-refractivity contribution in [3.05, 3.63) is 16.3 Å². The number of nitrogens with zero attached hydrogens (tertiary/aromatic N) is 3. The van der Waals surface area contributed by atoms with Crippen molar-refractivity contribution in [3.63, 3.8) is 0 Å². The summed E-state index contributed by atoms with van der Waals surface area (Å²) in [6.07, 6.45) is 8.42. The van der Waals surface area contributed by atoms with Crippen LogP contribution in [0.5, 0.6) is 0 Å². The van der Waals surface area contributed by atoms with Crippen LogP contribution in [0.15, 0.2) is 4.79 Å². The SMILES string of the molecule is CN1CCCC(c2n[nH]c(=O)n2C2CCCCC2)C1. The molecule has 2 aliphatic rings. The van der Waals surface area contributed by atoms with Crippen LogP contribution in [0.2, 0.25) is 0 Å². The van der Waals surface area contributed by atoms with E-state index in [4.69, 9.17) is 0 Å². The van der Waals surface area contributed by atoms with Gasteiger partial charge in [-0.2, -0.15) is 5.10 Å². The van der Waals surface area contributed by atoms with Gasteiger partial charge < -0.3 is 4.90 Å². The molecule has 1 unspecified atom stereocenters. The highest BCUT2D eigenvalue weighted by Crippen LogP contribution is 2.31. The van der Waals surface area contributed by atoms with Crippen LogP contribution in [0.3, 0.4) is 0 Å². The molecule has 0 aromatic carbocycles. The Hall–Kier alpha value is -1.10. The molecule has 0 radical (unpaired) electrons. The largest absolute Gasteiger partial charge is 0.343 e. The molecule has 1 aliphatic carbocycles. The Morgan fingerprint density at radius 2 is 1.95 bits per heavy atom. The first kappa shape index (κ1) is 12.9. The molecule has 0 spiro atoms. The van der Waals surface area contributed by atoms with Crippen LogP contribution in [-0.2, 0) is 0 Å². The van der Waals surface area contributed by atoms with E-state index in [1.54, 1.807) is 0 Å². The molecular formula is C14H24N4O. The minimum absolute atomic E-state index is 0.00451. The number of hydrogen-bond acceptors (Lipinski definition) is 3. The lowest BCUT2D eigenvalue weighted by Crippen LogP contribution is -2.34. The molecule has 1 atom stereocenters. The van der Waals surface area contributed by atoms with Gasteiger partial charge in [0.25, 0.3) is 0 Å². The quantitative estimate of drug-likeness (QED) is 0.887. The summed E-state index contributed by atoms with van der Waals surface area (Å²) >= 11 is 0. The van der Waals surface area contributed by atoms with Gasteiger partial charge in [0.1, 0.15) is 5.82 Å². The van der Waals surface area contributed by atoms with E-state index >= 15 is 0 Å². The normalized spacial score (nSPS) is 26.7. The monoisotopic (exact) mass is 264 g/mol. The Labute approximate surface area is 114 Å². The molecule has 1 aromatic heterocycles. The molecule has 0 amide bonds. The fourth-order valence-corrected chi connectivity index (χ4v) is 3.67. The molecule has 1 aromatic rings. The summed E-state index contributed by atoms with van der Waals surface area (Å²) in [7, 11) is 2.15. The summed E-state index contributed by atoms with van der Waals surface area (Å²) in [4.78, 5) is 14.4. The zero-order valence-corrected chi connectivity index (χ0v) is 11.8. The summed E-state index contributed by atoms with van der Waals surface area (Å²) in [5.41, 5.74) is -0.00451. The topological polar surface area (TPSA) is 53.9 Å². The molecule has 5 heteroatoms. The van der Waals surface area contributed by atoms with E-state index < -0.39 is 0 Å². The van der Waals surface area contributed by atoms with Crippen LogP contribution < -0.4 is 5.69 Å². The van der Waals surface area contributed by atoms with Gasteiger partial charge in [0.15, 0.2) is 0 Å². The highest BCUT2D eigenvalue weighted by atomic mass is 16.1. The zero-order valence-electron chi connectivity index (χ0n) is 11.8. The average Bonchev–Trinajstić information content (AvgIpc) is 2.82. The molecule has 3 rings (SSSR count). The Bertz CT molecular complexity index is 472. The number of aromatic amines is 1. The molecule has 1 saturated heterocycles. The van der Waals surface area contributed by atoms with Gasteiger partial charge in [0.2, 0.25) is 0 Å². The van der Waals surface area contributed by atoms with E-state index in [9.17, 15) is 4.79 Å². The van der Waals surface area contributed by atoms with Crippen LogP contribution in [-0.4, -0.2) is 39.8 Å². The first-order chi connectivity index (χ1) is 9.25. The Morgan fingerprint density at radius 1 is 1.16 bits per heavy atom. The van der Waals surface area contributed by atoms with Crippen molar-refractivity contribution >= 4 is 0 Å². The predicted molar refractivity (Wildman–Crippen MR) is 74.4 cm³/mol. The van der Waals surface area contributed by atoms with Crippen molar-refractivity contribution in [1.29, 1.82) is 0 Å². The Morgan fingerprint density at radius 3 is 2.68 bits per heavy atom. The number of aromatic nitrogens is 3. The van der Waals surface area contributed by atoms with Gasteiger partial charge in [0.05, 0.1) is 0 Å². The second kappa shape index (κ2) is 5.49. The maximum Gasteiger partial charge on any atom is 0.343 e. The first-order valence-corrected chi connectivity index (χ1v) is 7.61. The van der Waals surface area contributed by atoms with Crippen molar-refractivity contribution in [2.75, 3.05) is 20.1 Å². The van der Waals surface area contributed by atoms with E-state index in [1.807, 2.05) is 4.57 Å². The highest BCUT2D eigenvalue weighted by molar-refractivity contribution is 5.02. The van der Waals surface area contributed by atoms with Gasteiger partial charge >= 0.3 is 5.69 Å². The second-order valence-electron chi connectivity index (χ2n) is 6.15. The maximum absolute atomic E-state index is 12.1. The summed E-state index contributed by atoms with van der Waals surface area (Å²) in [6, 6.07) is 0.377. The van der Waals surface area contributed by atoms with E-state index in [1.165, 1.54) is 25.7 Å². The standard InChI is InChI=1S/C14H24N4O/c1-17-9-5-6-11(10-17)13-15-16-14(19)18(13)12-7-3-2-4-8-12/h11-12H,2-10H2,1H3,(H,16,19). The summed E-state index contributed by atoms with van der Waals surface area (Å²) in [5.74, 6) is 1.42. The number of hydrogen-bond donors (Lipinski definition) is 1. The van der Waals surface area contributed by atoms with Crippen molar-refractivity contribution in [3.8, 4) is 0 Å². The number of likely N-dealkylation sites (tertiary alicyclic amines) is 1. The molecular weight excluding hydrogens is 240 g/mol. The summed E-state index contributed by atoms with van der Waals surface area (Å²) in [6.45, 7) is 2.19. The molecule has 1 N–H and O–H groups in total. The molecule has 1 aliphatic heterocycles. The number of nitrogens with one attached hydrogen (secondary N) is 1. The van der Waals surface area contributed by atoms with E-state index in [-0.39, 0.29) is 5.69 Å². The van der Waals surface area contributed by atoms with Gasteiger partial charge in [-0.25, -0.2) is 9.89 Å².